The Labute approximate surface area is 237 Å². The number of rotatable bonds is 7. The van der Waals surface area contributed by atoms with Gasteiger partial charge in [0.05, 0.1) is 6.54 Å². The molecule has 3 aromatic rings. The van der Waals surface area contributed by atoms with E-state index in [9.17, 15) is 19.2 Å². The van der Waals surface area contributed by atoms with Gasteiger partial charge in [-0.15, -0.1) is 5.92 Å². The molecule has 0 spiro atoms. The molecule has 1 aliphatic rings. The van der Waals surface area contributed by atoms with Gasteiger partial charge in [-0.1, -0.05) is 12.0 Å². The van der Waals surface area contributed by atoms with Crippen LogP contribution >= 0.6 is 0 Å². The van der Waals surface area contributed by atoms with Crippen LogP contribution in [-0.4, -0.2) is 60.5 Å². The number of carbonyl (C=O) groups is 2. The second kappa shape index (κ2) is 12.3. The molecular formula is C28H35N7O6. The fraction of sp³-hybridized carbons (Fsp3) is 0.500. The van der Waals surface area contributed by atoms with Gasteiger partial charge in [0.25, 0.3) is 5.56 Å². The number of amides is 1. The molecule has 1 N–H and O–H groups in total. The highest BCUT2D eigenvalue weighted by atomic mass is 16.6. The minimum absolute atomic E-state index is 0.0361. The first-order valence-electron chi connectivity index (χ1n) is 13.4. The number of carbonyl (C=O) groups excluding carboxylic acids is 2. The van der Waals surface area contributed by atoms with Crippen molar-refractivity contribution >= 4 is 29.2 Å². The molecule has 218 valence electrons. The van der Waals surface area contributed by atoms with Crippen molar-refractivity contribution in [3.8, 4) is 11.8 Å². The first-order chi connectivity index (χ1) is 19.5. The normalized spacial score (nSPS) is 15.2. The summed E-state index contributed by atoms with van der Waals surface area (Å²) in [6, 6.07) is 3.26. The lowest BCUT2D eigenvalue weighted by atomic mass is 10.1. The quantitative estimate of drug-likeness (QED) is 0.333. The van der Waals surface area contributed by atoms with Crippen LogP contribution in [0.2, 0.25) is 0 Å². The van der Waals surface area contributed by atoms with Gasteiger partial charge in [0, 0.05) is 44.1 Å². The number of anilines is 1. The molecule has 0 aromatic carbocycles. The average Bonchev–Trinajstić information content (AvgIpc) is 3.31. The summed E-state index contributed by atoms with van der Waals surface area (Å²) in [5.41, 5.74) is -0.984. The number of aromatic nitrogens is 5. The summed E-state index contributed by atoms with van der Waals surface area (Å²) >= 11 is 0. The second-order valence-electron chi connectivity index (χ2n) is 10.8. The number of alkyl carbamates (subject to hydrolysis) is 1. The van der Waals surface area contributed by atoms with Crippen molar-refractivity contribution in [1.82, 2.24) is 29.0 Å². The van der Waals surface area contributed by atoms with Gasteiger partial charge in [-0.25, -0.2) is 14.2 Å². The predicted octanol–water partition coefficient (Wildman–Crippen LogP) is 1.55. The van der Waals surface area contributed by atoms with Gasteiger partial charge >= 0.3 is 17.8 Å². The first-order valence-corrected chi connectivity index (χ1v) is 13.4. The van der Waals surface area contributed by atoms with Crippen LogP contribution in [0, 0.1) is 11.8 Å². The maximum absolute atomic E-state index is 13.7. The van der Waals surface area contributed by atoms with Crippen molar-refractivity contribution < 1.29 is 19.1 Å². The largest absolute Gasteiger partial charge is 0.459 e. The Hall–Kier alpha value is -4.60. The molecule has 1 aliphatic heterocycles. The number of ether oxygens (including phenoxy) is 2. The van der Waals surface area contributed by atoms with Gasteiger partial charge in [-0.05, 0) is 46.6 Å². The van der Waals surface area contributed by atoms with Gasteiger partial charge in [0.2, 0.25) is 5.95 Å². The van der Waals surface area contributed by atoms with E-state index in [4.69, 9.17) is 9.47 Å². The first kappa shape index (κ1) is 29.4. The number of fused-ring (bicyclic) bond motifs is 1. The fourth-order valence-corrected chi connectivity index (χ4v) is 4.62. The zero-order valence-corrected chi connectivity index (χ0v) is 24.0. The van der Waals surface area contributed by atoms with Crippen molar-refractivity contribution in [3.63, 3.8) is 0 Å². The molecule has 4 heterocycles. The minimum atomic E-state index is -0.737. The van der Waals surface area contributed by atoms with Crippen LogP contribution in [0.25, 0.3) is 11.2 Å². The third-order valence-corrected chi connectivity index (χ3v) is 6.46. The Bertz CT molecular complexity index is 1600. The molecular weight excluding hydrogens is 530 g/mol. The Morgan fingerprint density at radius 1 is 1.22 bits per heavy atom. The van der Waals surface area contributed by atoms with Crippen molar-refractivity contribution in [1.29, 1.82) is 0 Å². The van der Waals surface area contributed by atoms with E-state index in [1.165, 1.54) is 11.6 Å². The zero-order valence-electron chi connectivity index (χ0n) is 24.0. The van der Waals surface area contributed by atoms with Crippen LogP contribution in [0.5, 0.6) is 0 Å². The van der Waals surface area contributed by atoms with Crippen LogP contribution < -0.4 is 21.5 Å². The van der Waals surface area contributed by atoms with Gasteiger partial charge in [-0.2, -0.15) is 4.98 Å². The van der Waals surface area contributed by atoms with E-state index in [2.05, 4.69) is 27.1 Å². The molecule has 3 aromatic heterocycles. The van der Waals surface area contributed by atoms with E-state index in [0.717, 1.165) is 17.4 Å². The van der Waals surface area contributed by atoms with Gasteiger partial charge in [0.15, 0.2) is 11.2 Å². The van der Waals surface area contributed by atoms with Crippen LogP contribution in [0.3, 0.4) is 0 Å². The topological polar surface area (TPSA) is 143 Å². The minimum Gasteiger partial charge on any atom is -0.459 e. The number of nitrogens with one attached hydrogen (secondary N) is 1. The van der Waals surface area contributed by atoms with E-state index < -0.39 is 35.5 Å². The van der Waals surface area contributed by atoms with Crippen LogP contribution in [0.1, 0.15) is 46.1 Å². The lowest BCUT2D eigenvalue weighted by Crippen LogP contribution is -2.49. The van der Waals surface area contributed by atoms with E-state index in [1.807, 2.05) is 4.90 Å². The summed E-state index contributed by atoms with van der Waals surface area (Å²) in [6.07, 6.45) is 4.17. The third-order valence-electron chi connectivity index (χ3n) is 6.46. The van der Waals surface area contributed by atoms with E-state index in [0.29, 0.717) is 24.6 Å². The van der Waals surface area contributed by atoms with Crippen molar-refractivity contribution in [2.45, 2.75) is 71.9 Å². The lowest BCUT2D eigenvalue weighted by Gasteiger charge is -2.34. The number of aryl methyl sites for hydroxylation is 1. The molecule has 0 radical (unpaired) electrons. The number of hydrogen-bond donors (Lipinski definition) is 1. The monoisotopic (exact) mass is 565 g/mol. The fourth-order valence-electron chi connectivity index (χ4n) is 4.62. The molecule has 1 fully saturated rings. The van der Waals surface area contributed by atoms with Crippen molar-refractivity contribution in [2.24, 2.45) is 7.05 Å². The number of pyridine rings is 1. The highest BCUT2D eigenvalue weighted by Crippen LogP contribution is 2.23. The maximum atomic E-state index is 13.7. The Morgan fingerprint density at radius 3 is 2.68 bits per heavy atom. The molecule has 4 rings (SSSR count). The molecule has 0 aliphatic carbocycles. The molecule has 0 bridgehead atoms. The van der Waals surface area contributed by atoms with Crippen LogP contribution in [-0.2, 0) is 41.0 Å². The molecule has 41 heavy (non-hydrogen) atoms. The smallest absolute Gasteiger partial charge is 0.407 e. The van der Waals surface area contributed by atoms with Crippen LogP contribution in [0.4, 0.5) is 10.7 Å². The van der Waals surface area contributed by atoms with Gasteiger partial charge < -0.3 is 19.7 Å². The molecule has 13 nitrogen and oxygen atoms in total. The predicted molar refractivity (Wildman–Crippen MR) is 151 cm³/mol. The standard InChI is InChI=1S/C28H35N7O6/c1-6-7-14-34-22-23(31-25(34)33-13-9-11-20(16-33)30-26(38)41-28(2,3)4)32(5)27(39)35(24(22)37)17-21(36)40-18-19-10-8-12-29-15-19/h8,10,12,15,20H,9,11,13-14,16-18H2,1-5H3,(H,30,38)/t20-/m1/s1. The van der Waals surface area contributed by atoms with E-state index in [1.54, 1.807) is 56.8 Å². The molecule has 0 saturated carbocycles. The summed E-state index contributed by atoms with van der Waals surface area (Å²) in [5.74, 6) is 5.52. The molecule has 1 amide bonds. The van der Waals surface area contributed by atoms with Crippen molar-refractivity contribution in [3.05, 3.63) is 50.9 Å². The Morgan fingerprint density at radius 2 is 2.00 bits per heavy atom. The molecule has 13 heteroatoms. The highest BCUT2D eigenvalue weighted by Gasteiger charge is 2.29. The SMILES string of the molecule is CC#CCn1c(N2CCC[C@@H](NC(=O)OC(C)(C)C)C2)nc2c1c(=O)n(CC(=O)OCc1cccnc1)c(=O)n2C. The summed E-state index contributed by atoms with van der Waals surface area (Å²) in [6.45, 7) is 7.67. The summed E-state index contributed by atoms with van der Waals surface area (Å²) < 4.78 is 14.4. The zero-order chi connectivity index (χ0) is 29.7. The maximum Gasteiger partial charge on any atom is 0.407 e. The number of imidazole rings is 1. The summed E-state index contributed by atoms with van der Waals surface area (Å²) in [7, 11) is 1.50. The van der Waals surface area contributed by atoms with E-state index in [-0.39, 0.29) is 30.4 Å². The van der Waals surface area contributed by atoms with E-state index >= 15 is 0 Å². The Kier molecular flexibility index (Phi) is 8.80. The highest BCUT2D eigenvalue weighted by molar-refractivity contribution is 5.76. The average molecular weight is 566 g/mol. The summed E-state index contributed by atoms with van der Waals surface area (Å²) in [4.78, 5) is 62.4. The Balaban J connectivity index is 1.65. The number of nitrogens with zero attached hydrogens (tertiary/aromatic N) is 6. The molecule has 0 unspecified atom stereocenters. The molecule has 1 saturated heterocycles. The lowest BCUT2D eigenvalue weighted by molar-refractivity contribution is -0.145. The number of piperidine rings is 1. The molecule has 1 atom stereocenters. The number of esters is 1. The second-order valence-corrected chi connectivity index (χ2v) is 10.8. The van der Waals surface area contributed by atoms with Gasteiger partial charge in [0.1, 0.15) is 18.8 Å². The van der Waals surface area contributed by atoms with Crippen LogP contribution in [0.15, 0.2) is 34.1 Å². The van der Waals surface area contributed by atoms with Gasteiger partial charge in [-0.3, -0.25) is 23.7 Å². The van der Waals surface area contributed by atoms with Crippen molar-refractivity contribution in [2.75, 3.05) is 18.0 Å². The summed E-state index contributed by atoms with van der Waals surface area (Å²) in [5, 5.41) is 2.91. The number of hydrogen-bond acceptors (Lipinski definition) is 9. The third kappa shape index (κ3) is 6.95.